The summed E-state index contributed by atoms with van der Waals surface area (Å²) in [5, 5.41) is 7.87. The normalized spacial score (nSPS) is 11.6. The van der Waals surface area contributed by atoms with Gasteiger partial charge in [0.25, 0.3) is 5.91 Å². The number of benzene rings is 1. The van der Waals surface area contributed by atoms with E-state index in [4.69, 9.17) is 5.14 Å². The number of thiophene rings is 1. The lowest BCUT2D eigenvalue weighted by Crippen LogP contribution is -2.22. The standard InChI is InChI=1S/C15H18N2O3S2/c1-10(2)13-6-7-14(21-13)15(18)17-9-11-4-3-5-12(8-11)22(16,19)20/h3-8,10H,9H2,1-2H3,(H,17,18)(H2,16,19,20). The minimum absolute atomic E-state index is 0.0393. The van der Waals surface area contributed by atoms with Gasteiger partial charge < -0.3 is 5.32 Å². The molecule has 0 radical (unpaired) electrons. The van der Waals surface area contributed by atoms with Crippen molar-refractivity contribution in [3.63, 3.8) is 0 Å². The molecule has 0 saturated heterocycles. The fourth-order valence-electron chi connectivity index (χ4n) is 1.89. The second-order valence-electron chi connectivity index (χ2n) is 5.23. The summed E-state index contributed by atoms with van der Waals surface area (Å²) in [6.07, 6.45) is 0. The summed E-state index contributed by atoms with van der Waals surface area (Å²) < 4.78 is 22.6. The second kappa shape index (κ2) is 6.60. The third-order valence-corrected chi connectivity index (χ3v) is 5.40. The molecule has 2 rings (SSSR count). The molecule has 0 saturated carbocycles. The number of nitrogens with two attached hydrogens (primary N) is 1. The first-order valence-corrected chi connectivity index (χ1v) is 9.13. The number of sulfonamides is 1. The number of rotatable bonds is 5. The molecule has 0 aliphatic rings. The molecule has 2 aromatic rings. The molecule has 118 valence electrons. The molecule has 0 bridgehead atoms. The van der Waals surface area contributed by atoms with E-state index in [2.05, 4.69) is 19.2 Å². The lowest BCUT2D eigenvalue weighted by molar-refractivity contribution is 0.0955. The third kappa shape index (κ3) is 4.16. The summed E-state index contributed by atoms with van der Waals surface area (Å²) >= 11 is 1.46. The van der Waals surface area contributed by atoms with Crippen LogP contribution in [-0.4, -0.2) is 14.3 Å². The van der Waals surface area contributed by atoms with Gasteiger partial charge in [0.1, 0.15) is 0 Å². The van der Waals surface area contributed by atoms with Gasteiger partial charge in [0.05, 0.1) is 9.77 Å². The van der Waals surface area contributed by atoms with Crippen LogP contribution in [0.4, 0.5) is 0 Å². The molecule has 0 spiro atoms. The van der Waals surface area contributed by atoms with Crippen molar-refractivity contribution in [2.24, 2.45) is 5.14 Å². The van der Waals surface area contributed by atoms with Crippen LogP contribution in [0.15, 0.2) is 41.3 Å². The summed E-state index contributed by atoms with van der Waals surface area (Å²) in [5.74, 6) is 0.218. The highest BCUT2D eigenvalue weighted by Gasteiger charge is 2.12. The van der Waals surface area contributed by atoms with E-state index < -0.39 is 10.0 Å². The summed E-state index contributed by atoms with van der Waals surface area (Å²) in [6, 6.07) is 9.98. The number of carbonyl (C=O) groups excluding carboxylic acids is 1. The minimum atomic E-state index is -3.73. The van der Waals surface area contributed by atoms with Crippen molar-refractivity contribution in [3.05, 3.63) is 51.7 Å². The highest BCUT2D eigenvalue weighted by atomic mass is 32.2. The molecular formula is C15H18N2O3S2. The Morgan fingerprint density at radius 3 is 2.59 bits per heavy atom. The molecule has 22 heavy (non-hydrogen) atoms. The van der Waals surface area contributed by atoms with Crippen molar-refractivity contribution in [3.8, 4) is 0 Å². The number of carbonyl (C=O) groups is 1. The third-order valence-electron chi connectivity index (χ3n) is 3.10. The van der Waals surface area contributed by atoms with E-state index >= 15 is 0 Å². The van der Waals surface area contributed by atoms with Crippen LogP contribution in [0.1, 0.15) is 39.9 Å². The Kier molecular flexibility index (Phi) is 5.00. The second-order valence-corrected chi connectivity index (χ2v) is 7.91. The maximum absolute atomic E-state index is 12.1. The van der Waals surface area contributed by atoms with Crippen LogP contribution < -0.4 is 10.5 Å². The van der Waals surface area contributed by atoms with Gasteiger partial charge in [-0.2, -0.15) is 0 Å². The Bertz CT molecular complexity index is 780. The van der Waals surface area contributed by atoms with Crippen LogP contribution in [0.2, 0.25) is 0 Å². The number of hydrogen-bond donors (Lipinski definition) is 2. The lowest BCUT2D eigenvalue weighted by Gasteiger charge is -2.06. The average Bonchev–Trinajstić information content (AvgIpc) is 2.94. The number of amides is 1. The Morgan fingerprint density at radius 2 is 2.00 bits per heavy atom. The van der Waals surface area contributed by atoms with E-state index in [-0.39, 0.29) is 17.3 Å². The molecule has 5 nitrogen and oxygen atoms in total. The average molecular weight is 338 g/mol. The van der Waals surface area contributed by atoms with Gasteiger partial charge in [-0.15, -0.1) is 11.3 Å². The smallest absolute Gasteiger partial charge is 0.261 e. The van der Waals surface area contributed by atoms with Gasteiger partial charge >= 0.3 is 0 Å². The molecule has 3 N–H and O–H groups in total. The van der Waals surface area contributed by atoms with E-state index in [0.717, 1.165) is 4.88 Å². The number of nitrogens with one attached hydrogen (secondary N) is 1. The van der Waals surface area contributed by atoms with Crippen molar-refractivity contribution >= 4 is 27.3 Å². The predicted molar refractivity (Wildman–Crippen MR) is 87.4 cm³/mol. The Balaban J connectivity index is 2.05. The molecule has 0 atom stereocenters. The largest absolute Gasteiger partial charge is 0.347 e. The van der Waals surface area contributed by atoms with Crippen molar-refractivity contribution < 1.29 is 13.2 Å². The first kappa shape index (κ1) is 16.7. The first-order chi connectivity index (χ1) is 10.3. The molecular weight excluding hydrogens is 320 g/mol. The quantitative estimate of drug-likeness (QED) is 0.877. The Labute approximate surface area is 134 Å². The van der Waals surface area contributed by atoms with Crippen molar-refractivity contribution in [2.75, 3.05) is 0 Å². The van der Waals surface area contributed by atoms with Crippen LogP contribution in [0.25, 0.3) is 0 Å². The summed E-state index contributed by atoms with van der Waals surface area (Å²) in [5.41, 5.74) is 0.681. The number of primary sulfonamides is 1. The SMILES string of the molecule is CC(C)c1ccc(C(=O)NCc2cccc(S(N)(=O)=O)c2)s1. The Morgan fingerprint density at radius 1 is 1.27 bits per heavy atom. The van der Waals surface area contributed by atoms with E-state index in [0.29, 0.717) is 16.4 Å². The van der Waals surface area contributed by atoms with Crippen LogP contribution in [0.3, 0.4) is 0 Å². The minimum Gasteiger partial charge on any atom is -0.347 e. The molecule has 0 unspecified atom stereocenters. The van der Waals surface area contributed by atoms with Crippen LogP contribution in [0.5, 0.6) is 0 Å². The zero-order valence-electron chi connectivity index (χ0n) is 12.4. The van der Waals surface area contributed by atoms with Gasteiger partial charge in [-0.25, -0.2) is 13.6 Å². The van der Waals surface area contributed by atoms with Crippen LogP contribution in [0, 0.1) is 0 Å². The molecule has 1 heterocycles. The Hall–Kier alpha value is -1.70. The van der Waals surface area contributed by atoms with E-state index in [1.54, 1.807) is 18.2 Å². The summed E-state index contributed by atoms with van der Waals surface area (Å²) in [7, 11) is -3.73. The molecule has 0 aliphatic heterocycles. The maximum atomic E-state index is 12.1. The van der Waals surface area contributed by atoms with Crippen molar-refractivity contribution in [1.82, 2.24) is 5.32 Å². The molecule has 7 heteroatoms. The summed E-state index contributed by atoms with van der Waals surface area (Å²) in [4.78, 5) is 13.9. The van der Waals surface area contributed by atoms with Gasteiger partial charge in [0.2, 0.25) is 10.0 Å². The zero-order chi connectivity index (χ0) is 16.3. The van der Waals surface area contributed by atoms with Crippen LogP contribution >= 0.6 is 11.3 Å². The van der Waals surface area contributed by atoms with Gasteiger partial charge in [-0.3, -0.25) is 4.79 Å². The molecule has 1 amide bonds. The molecule has 0 fully saturated rings. The summed E-state index contributed by atoms with van der Waals surface area (Å²) in [6.45, 7) is 4.40. The lowest BCUT2D eigenvalue weighted by atomic mass is 10.2. The van der Waals surface area contributed by atoms with Gasteiger partial charge in [0, 0.05) is 11.4 Å². The van der Waals surface area contributed by atoms with Crippen molar-refractivity contribution in [1.29, 1.82) is 0 Å². The molecule has 0 aliphatic carbocycles. The highest BCUT2D eigenvalue weighted by molar-refractivity contribution is 7.89. The van der Waals surface area contributed by atoms with Crippen LogP contribution in [-0.2, 0) is 16.6 Å². The van der Waals surface area contributed by atoms with Crippen molar-refractivity contribution in [2.45, 2.75) is 31.2 Å². The predicted octanol–water partition coefficient (Wildman–Crippen LogP) is 2.45. The molecule has 1 aromatic heterocycles. The monoisotopic (exact) mass is 338 g/mol. The van der Waals surface area contributed by atoms with Gasteiger partial charge in [0.15, 0.2) is 0 Å². The fraction of sp³-hybridized carbons (Fsp3) is 0.267. The highest BCUT2D eigenvalue weighted by Crippen LogP contribution is 2.24. The van der Waals surface area contributed by atoms with Gasteiger partial charge in [-0.1, -0.05) is 26.0 Å². The molecule has 1 aromatic carbocycles. The van der Waals surface area contributed by atoms with E-state index in [9.17, 15) is 13.2 Å². The topological polar surface area (TPSA) is 89.3 Å². The van der Waals surface area contributed by atoms with Gasteiger partial charge in [-0.05, 0) is 35.7 Å². The zero-order valence-corrected chi connectivity index (χ0v) is 14.0. The first-order valence-electron chi connectivity index (χ1n) is 6.77. The fourth-order valence-corrected chi connectivity index (χ4v) is 3.40. The number of hydrogen-bond acceptors (Lipinski definition) is 4. The van der Waals surface area contributed by atoms with E-state index in [1.165, 1.54) is 23.5 Å². The maximum Gasteiger partial charge on any atom is 0.261 e. The van der Waals surface area contributed by atoms with E-state index in [1.807, 2.05) is 6.07 Å².